The van der Waals surface area contributed by atoms with Crippen molar-refractivity contribution in [2.75, 3.05) is 6.61 Å². The smallest absolute Gasteiger partial charge is 0.161 e. The van der Waals surface area contributed by atoms with Gasteiger partial charge in [-0.2, -0.15) is 0 Å². The van der Waals surface area contributed by atoms with Crippen molar-refractivity contribution in [1.29, 1.82) is 5.41 Å². The molecule has 0 bridgehead atoms. The number of benzene rings is 1. The van der Waals surface area contributed by atoms with Crippen molar-refractivity contribution >= 4 is 5.84 Å². The number of rotatable bonds is 5. The van der Waals surface area contributed by atoms with Crippen molar-refractivity contribution in [2.45, 2.75) is 45.6 Å². The van der Waals surface area contributed by atoms with Gasteiger partial charge in [0.2, 0.25) is 0 Å². The van der Waals surface area contributed by atoms with E-state index in [0.717, 1.165) is 24.5 Å². The Morgan fingerprint density at radius 3 is 2.80 bits per heavy atom. The second-order valence-corrected chi connectivity index (χ2v) is 5.52. The van der Waals surface area contributed by atoms with Crippen LogP contribution in [-0.4, -0.2) is 18.5 Å². The molecule has 4 nitrogen and oxygen atoms in total. The van der Waals surface area contributed by atoms with E-state index in [1.54, 1.807) is 6.07 Å². The zero-order valence-electron chi connectivity index (χ0n) is 12.3. The number of amidine groups is 1. The molecule has 20 heavy (non-hydrogen) atoms. The lowest BCUT2D eigenvalue weighted by atomic mass is 9.89. The monoisotopic (exact) mass is 276 g/mol. The maximum Gasteiger partial charge on any atom is 0.161 e. The first-order valence-electron chi connectivity index (χ1n) is 7.38. The molecule has 1 fully saturated rings. The van der Waals surface area contributed by atoms with Crippen molar-refractivity contribution in [1.82, 2.24) is 0 Å². The molecule has 0 aliphatic heterocycles. The van der Waals surface area contributed by atoms with Gasteiger partial charge in [0.1, 0.15) is 5.84 Å². The van der Waals surface area contributed by atoms with E-state index in [2.05, 4.69) is 6.92 Å². The Morgan fingerprint density at radius 1 is 1.35 bits per heavy atom. The molecule has 1 aliphatic rings. The lowest BCUT2D eigenvalue weighted by Crippen LogP contribution is -2.24. The van der Waals surface area contributed by atoms with E-state index in [1.165, 1.54) is 12.8 Å². The number of hydrogen-bond donors (Lipinski definition) is 2. The largest absolute Gasteiger partial charge is 0.490 e. The third-order valence-corrected chi connectivity index (χ3v) is 3.74. The van der Waals surface area contributed by atoms with Crippen molar-refractivity contribution < 1.29 is 9.47 Å². The fourth-order valence-corrected chi connectivity index (χ4v) is 2.71. The van der Waals surface area contributed by atoms with Crippen LogP contribution in [0.4, 0.5) is 0 Å². The summed E-state index contributed by atoms with van der Waals surface area (Å²) < 4.78 is 11.7. The van der Waals surface area contributed by atoms with Crippen LogP contribution in [0.15, 0.2) is 18.2 Å². The summed E-state index contributed by atoms with van der Waals surface area (Å²) in [5.74, 6) is 2.21. The maximum atomic E-state index is 7.50. The second kappa shape index (κ2) is 6.64. The van der Waals surface area contributed by atoms with E-state index >= 15 is 0 Å². The molecule has 1 aromatic carbocycles. The van der Waals surface area contributed by atoms with Crippen LogP contribution in [0.2, 0.25) is 0 Å². The van der Waals surface area contributed by atoms with Crippen LogP contribution in [0.25, 0.3) is 0 Å². The zero-order valence-corrected chi connectivity index (χ0v) is 12.3. The van der Waals surface area contributed by atoms with Crippen LogP contribution in [0.1, 0.15) is 45.1 Å². The van der Waals surface area contributed by atoms with Crippen LogP contribution < -0.4 is 15.2 Å². The molecular weight excluding hydrogens is 252 g/mol. The predicted molar refractivity (Wildman–Crippen MR) is 80.7 cm³/mol. The summed E-state index contributed by atoms with van der Waals surface area (Å²) in [5.41, 5.74) is 6.18. The van der Waals surface area contributed by atoms with E-state index in [4.69, 9.17) is 20.6 Å². The summed E-state index contributed by atoms with van der Waals surface area (Å²) in [5, 5.41) is 7.50. The average molecular weight is 276 g/mol. The van der Waals surface area contributed by atoms with Gasteiger partial charge in [-0.15, -0.1) is 0 Å². The Balaban J connectivity index is 2.15. The summed E-state index contributed by atoms with van der Waals surface area (Å²) in [6.07, 6.45) is 4.98. The van der Waals surface area contributed by atoms with E-state index < -0.39 is 0 Å². The first-order chi connectivity index (χ1) is 9.60. The number of ether oxygens (including phenoxy) is 2. The summed E-state index contributed by atoms with van der Waals surface area (Å²) >= 11 is 0. The first-order valence-corrected chi connectivity index (χ1v) is 7.38. The lowest BCUT2D eigenvalue weighted by Gasteiger charge is -2.28. The quantitative estimate of drug-likeness (QED) is 0.640. The Bertz CT molecular complexity index is 474. The van der Waals surface area contributed by atoms with Gasteiger partial charge in [-0.05, 0) is 50.3 Å². The normalized spacial score (nSPS) is 22.3. The third-order valence-electron chi connectivity index (χ3n) is 3.74. The molecule has 4 heteroatoms. The third kappa shape index (κ3) is 3.65. The second-order valence-electron chi connectivity index (χ2n) is 5.52. The maximum absolute atomic E-state index is 7.50. The molecule has 3 N–H and O–H groups in total. The Hall–Kier alpha value is -1.71. The molecule has 1 saturated carbocycles. The Morgan fingerprint density at radius 2 is 2.15 bits per heavy atom. The van der Waals surface area contributed by atoms with Crippen LogP contribution >= 0.6 is 0 Å². The molecule has 2 unspecified atom stereocenters. The standard InChI is InChI=1S/C16H24N2O2/c1-3-19-15-10-12(16(17)18)7-8-14(15)20-13-6-4-5-11(2)9-13/h7-8,10-11,13H,3-6,9H2,1-2H3,(H3,17,18). The SMILES string of the molecule is CCOc1cc(C(=N)N)ccc1OC1CCCC(C)C1. The van der Waals surface area contributed by atoms with Gasteiger partial charge >= 0.3 is 0 Å². The van der Waals surface area contributed by atoms with E-state index in [1.807, 2.05) is 19.1 Å². The molecule has 0 saturated heterocycles. The number of nitrogens with two attached hydrogens (primary N) is 1. The van der Waals surface area contributed by atoms with Crippen molar-refractivity contribution in [3.63, 3.8) is 0 Å². The van der Waals surface area contributed by atoms with Crippen molar-refractivity contribution in [3.05, 3.63) is 23.8 Å². The van der Waals surface area contributed by atoms with Gasteiger partial charge in [0.05, 0.1) is 12.7 Å². The minimum Gasteiger partial charge on any atom is -0.490 e. The Labute approximate surface area is 120 Å². The molecule has 0 spiro atoms. The van der Waals surface area contributed by atoms with Gasteiger partial charge in [-0.1, -0.05) is 13.3 Å². The lowest BCUT2D eigenvalue weighted by molar-refractivity contribution is 0.124. The summed E-state index contributed by atoms with van der Waals surface area (Å²) in [7, 11) is 0. The van der Waals surface area contributed by atoms with Crippen LogP contribution in [-0.2, 0) is 0 Å². The molecule has 2 rings (SSSR count). The van der Waals surface area contributed by atoms with E-state index in [-0.39, 0.29) is 11.9 Å². The molecule has 0 heterocycles. The molecule has 1 aromatic rings. The molecular formula is C16H24N2O2. The minimum atomic E-state index is 0.0452. The number of hydrogen-bond acceptors (Lipinski definition) is 3. The van der Waals surface area contributed by atoms with Gasteiger partial charge in [-0.3, -0.25) is 5.41 Å². The highest BCUT2D eigenvalue weighted by atomic mass is 16.5. The average Bonchev–Trinajstić information content (AvgIpc) is 2.41. The summed E-state index contributed by atoms with van der Waals surface area (Å²) in [6, 6.07) is 5.46. The zero-order chi connectivity index (χ0) is 14.5. The van der Waals surface area contributed by atoms with Gasteiger partial charge in [0, 0.05) is 5.56 Å². The van der Waals surface area contributed by atoms with Gasteiger partial charge < -0.3 is 15.2 Å². The molecule has 0 aromatic heterocycles. The van der Waals surface area contributed by atoms with Crippen LogP contribution in [0.3, 0.4) is 0 Å². The van der Waals surface area contributed by atoms with Gasteiger partial charge in [-0.25, -0.2) is 0 Å². The van der Waals surface area contributed by atoms with Gasteiger partial charge in [0.15, 0.2) is 11.5 Å². The molecule has 0 amide bonds. The van der Waals surface area contributed by atoms with Crippen LogP contribution in [0, 0.1) is 11.3 Å². The summed E-state index contributed by atoms with van der Waals surface area (Å²) in [6.45, 7) is 4.78. The minimum absolute atomic E-state index is 0.0452. The fraction of sp³-hybridized carbons (Fsp3) is 0.562. The predicted octanol–water partition coefficient (Wildman–Crippen LogP) is 3.33. The fourth-order valence-electron chi connectivity index (χ4n) is 2.71. The molecule has 1 aliphatic carbocycles. The highest BCUT2D eigenvalue weighted by Gasteiger charge is 2.21. The van der Waals surface area contributed by atoms with Gasteiger partial charge in [0.25, 0.3) is 0 Å². The first kappa shape index (κ1) is 14.7. The van der Waals surface area contributed by atoms with E-state index in [0.29, 0.717) is 17.9 Å². The van der Waals surface area contributed by atoms with Crippen molar-refractivity contribution in [3.8, 4) is 11.5 Å². The topological polar surface area (TPSA) is 68.3 Å². The van der Waals surface area contributed by atoms with Crippen molar-refractivity contribution in [2.24, 2.45) is 11.7 Å². The molecule has 0 radical (unpaired) electrons. The van der Waals surface area contributed by atoms with E-state index in [9.17, 15) is 0 Å². The highest BCUT2D eigenvalue weighted by molar-refractivity contribution is 5.95. The Kier molecular flexibility index (Phi) is 4.88. The number of nitrogen functional groups attached to an aromatic ring is 1. The highest BCUT2D eigenvalue weighted by Crippen LogP contribution is 2.33. The number of nitrogens with one attached hydrogen (secondary N) is 1. The van der Waals surface area contributed by atoms with Crippen LogP contribution in [0.5, 0.6) is 11.5 Å². The summed E-state index contributed by atoms with van der Waals surface area (Å²) in [4.78, 5) is 0. The molecule has 2 atom stereocenters. The molecule has 110 valence electrons.